The van der Waals surface area contributed by atoms with Gasteiger partial charge in [-0.3, -0.25) is 0 Å². The van der Waals surface area contributed by atoms with Crippen LogP contribution in [0.1, 0.15) is 33.4 Å². The summed E-state index contributed by atoms with van der Waals surface area (Å²) in [6.07, 6.45) is 2.10. The van der Waals surface area contributed by atoms with Gasteiger partial charge in [0.15, 0.2) is 0 Å². The van der Waals surface area contributed by atoms with E-state index in [2.05, 4.69) is 112 Å². The van der Waals surface area contributed by atoms with Gasteiger partial charge in [-0.2, -0.15) is 109 Å². The summed E-state index contributed by atoms with van der Waals surface area (Å²) < 4.78 is 0. The molecule has 0 spiro atoms. The van der Waals surface area contributed by atoms with Crippen LogP contribution in [-0.4, -0.2) is 9.52 Å². The van der Waals surface area contributed by atoms with Gasteiger partial charge in [0, 0.05) is 9.52 Å². The first-order valence-electron chi connectivity index (χ1n) is 14.7. The minimum absolute atomic E-state index is 0. The number of hydrogen-bond donors (Lipinski definition) is 0. The van der Waals surface area contributed by atoms with Crippen LogP contribution in [0.3, 0.4) is 0 Å². The Morgan fingerprint density at radius 3 is 1.11 bits per heavy atom. The van der Waals surface area contributed by atoms with E-state index in [1.807, 2.05) is 72.8 Å². The van der Waals surface area contributed by atoms with Crippen molar-refractivity contribution in [1.82, 2.24) is 0 Å². The van der Waals surface area contributed by atoms with E-state index < -0.39 is 0 Å². The molecule has 0 nitrogen and oxygen atoms in total. The summed E-state index contributed by atoms with van der Waals surface area (Å²) in [5.74, 6) is 0. The molecular formula is C42H39SiTi. The normalized spacial score (nSPS) is 10.4. The summed E-state index contributed by atoms with van der Waals surface area (Å²) in [5, 5.41) is 0. The van der Waals surface area contributed by atoms with E-state index in [4.69, 9.17) is 0 Å². The fourth-order valence-corrected chi connectivity index (χ4v) is 4.95. The molecule has 8 rings (SSSR count). The van der Waals surface area contributed by atoms with Gasteiger partial charge in [-0.05, 0) is 12.8 Å². The standard InChI is InChI=1S/2C13H9.2C7H7.C2H7Si.Ti/c2*1-3-7-12-10(5-1)9-11-6-2-4-8-13(11)12;2*1-7-5-3-2-4-6-7;1-3-2;/h2*1-5,7-8H,9H2;2*2-6H,1H2;3H,1-2H3;/q4*-1;;+4. The van der Waals surface area contributed by atoms with E-state index in [-0.39, 0.29) is 21.7 Å². The van der Waals surface area contributed by atoms with Gasteiger partial charge < -0.3 is 0 Å². The first-order valence-corrected chi connectivity index (χ1v) is 17.0. The smallest absolute Gasteiger partial charge is 0.199 e. The topological polar surface area (TPSA) is 0 Å². The van der Waals surface area contributed by atoms with Crippen LogP contribution in [0.5, 0.6) is 0 Å². The van der Waals surface area contributed by atoms with Crippen molar-refractivity contribution >= 4 is 9.52 Å². The molecule has 0 N–H and O–H groups in total. The van der Waals surface area contributed by atoms with Crippen LogP contribution in [0.25, 0.3) is 22.3 Å². The van der Waals surface area contributed by atoms with Gasteiger partial charge in [0.25, 0.3) is 0 Å². The van der Waals surface area contributed by atoms with E-state index in [1.165, 1.54) is 44.5 Å². The zero-order chi connectivity index (χ0) is 30.3. The van der Waals surface area contributed by atoms with Gasteiger partial charge in [-0.15, -0.1) is 35.4 Å². The summed E-state index contributed by atoms with van der Waals surface area (Å²) in [6.45, 7) is 11.9. The Morgan fingerprint density at radius 2 is 0.773 bits per heavy atom. The molecule has 44 heavy (non-hydrogen) atoms. The van der Waals surface area contributed by atoms with E-state index in [9.17, 15) is 0 Å². The third-order valence-corrected chi connectivity index (χ3v) is 6.92. The van der Waals surface area contributed by atoms with Gasteiger partial charge in [0.1, 0.15) is 0 Å². The van der Waals surface area contributed by atoms with Crippen LogP contribution >= 0.6 is 0 Å². The Hall–Kier alpha value is -4.01. The molecule has 0 unspecified atom stereocenters. The molecule has 0 aliphatic heterocycles. The van der Waals surface area contributed by atoms with Crippen molar-refractivity contribution in [2.75, 3.05) is 0 Å². The molecule has 0 saturated heterocycles. The van der Waals surface area contributed by atoms with E-state index in [0.29, 0.717) is 0 Å². The Kier molecular flexibility index (Phi) is 14.6. The fraction of sp³-hybridized carbons (Fsp3) is 0.0952. The predicted octanol–water partition coefficient (Wildman–Crippen LogP) is 10.4. The van der Waals surface area contributed by atoms with Crippen molar-refractivity contribution in [3.05, 3.63) is 205 Å². The Bertz CT molecular complexity index is 1460. The van der Waals surface area contributed by atoms with Crippen LogP contribution in [0, 0.1) is 26.0 Å². The SMILES string of the molecule is C[SiH]C.[CH2-]c1ccccc1.[CH2-]c1ccccc1.[Ti+4].[c-]1cccc2c1Cc1ccccc1-2.[c-]1cccc2c1Cc1ccccc1-2. The molecule has 0 bridgehead atoms. The second-order valence-corrected chi connectivity index (χ2v) is 11.5. The molecule has 215 valence electrons. The van der Waals surface area contributed by atoms with Crippen LogP contribution in [-0.2, 0) is 34.6 Å². The monoisotopic (exact) mass is 619 g/mol. The average Bonchev–Trinajstić information content (AvgIpc) is 3.62. The molecule has 0 fully saturated rings. The molecule has 0 atom stereocenters. The summed E-state index contributed by atoms with van der Waals surface area (Å²) >= 11 is 0. The maximum atomic E-state index is 3.72. The van der Waals surface area contributed by atoms with Gasteiger partial charge >= 0.3 is 21.7 Å². The van der Waals surface area contributed by atoms with Crippen molar-refractivity contribution in [3.63, 3.8) is 0 Å². The minimum atomic E-state index is 0. The van der Waals surface area contributed by atoms with E-state index in [1.54, 1.807) is 0 Å². The largest absolute Gasteiger partial charge is 4.00 e. The molecule has 2 aliphatic carbocycles. The molecule has 6 aromatic rings. The molecule has 0 amide bonds. The Labute approximate surface area is 282 Å². The summed E-state index contributed by atoms with van der Waals surface area (Å²) in [5.41, 5.74) is 13.2. The van der Waals surface area contributed by atoms with E-state index in [0.717, 1.165) is 33.5 Å². The minimum Gasteiger partial charge on any atom is -0.199 e. The number of hydrogen-bond acceptors (Lipinski definition) is 0. The molecule has 2 heteroatoms. The summed E-state index contributed by atoms with van der Waals surface area (Å²) in [4.78, 5) is 0. The predicted molar refractivity (Wildman–Crippen MR) is 188 cm³/mol. The molecular weight excluding hydrogens is 580 g/mol. The zero-order valence-corrected chi connectivity index (χ0v) is 28.5. The van der Waals surface area contributed by atoms with Crippen LogP contribution < -0.4 is 0 Å². The first kappa shape index (κ1) is 34.5. The van der Waals surface area contributed by atoms with E-state index >= 15 is 0 Å². The van der Waals surface area contributed by atoms with Crippen molar-refractivity contribution < 1.29 is 21.7 Å². The Morgan fingerprint density at radius 1 is 0.455 bits per heavy atom. The summed E-state index contributed by atoms with van der Waals surface area (Å²) in [7, 11) is 0.750. The van der Waals surface area contributed by atoms with Crippen molar-refractivity contribution in [2.24, 2.45) is 0 Å². The molecule has 0 heterocycles. The van der Waals surface area contributed by atoms with Crippen molar-refractivity contribution in [3.8, 4) is 22.3 Å². The summed E-state index contributed by atoms with van der Waals surface area (Å²) in [6, 6.07) is 56.0. The molecule has 1 radical (unpaired) electrons. The third kappa shape index (κ3) is 10.0. The Balaban J connectivity index is 0.000000160. The number of benzene rings is 6. The van der Waals surface area contributed by atoms with Gasteiger partial charge in [0.2, 0.25) is 0 Å². The molecule has 2 aliphatic rings. The zero-order valence-electron chi connectivity index (χ0n) is 25.8. The quantitative estimate of drug-likeness (QED) is 0.117. The maximum absolute atomic E-state index is 3.72. The second-order valence-electron chi connectivity index (χ2n) is 10.3. The second kappa shape index (κ2) is 18.6. The average molecular weight is 620 g/mol. The van der Waals surface area contributed by atoms with Crippen molar-refractivity contribution in [1.29, 1.82) is 0 Å². The third-order valence-electron chi connectivity index (χ3n) is 6.92. The van der Waals surface area contributed by atoms with Crippen LogP contribution in [0.2, 0.25) is 13.1 Å². The number of rotatable bonds is 0. The maximum Gasteiger partial charge on any atom is 4.00 e. The fourth-order valence-electron chi connectivity index (χ4n) is 4.95. The van der Waals surface area contributed by atoms with Gasteiger partial charge in [-0.1, -0.05) is 96.0 Å². The van der Waals surface area contributed by atoms with Crippen molar-refractivity contribution in [2.45, 2.75) is 25.9 Å². The van der Waals surface area contributed by atoms with Gasteiger partial charge in [-0.25, -0.2) is 0 Å². The molecule has 0 saturated carbocycles. The molecule has 6 aromatic carbocycles. The van der Waals surface area contributed by atoms with Crippen LogP contribution in [0.15, 0.2) is 146 Å². The van der Waals surface area contributed by atoms with Gasteiger partial charge in [0.05, 0.1) is 0 Å². The van der Waals surface area contributed by atoms with Crippen LogP contribution in [0.4, 0.5) is 0 Å². The molecule has 0 aromatic heterocycles. The first-order chi connectivity index (χ1) is 21.1. The number of fused-ring (bicyclic) bond motifs is 6.